The van der Waals surface area contributed by atoms with Gasteiger partial charge in [-0.2, -0.15) is 13.2 Å². The van der Waals surface area contributed by atoms with E-state index in [1.54, 1.807) is 6.07 Å². The molecular weight excluding hydrogens is 351 g/mol. The fourth-order valence-corrected chi connectivity index (χ4v) is 2.98. The number of ether oxygens (including phenoxy) is 1. The molecule has 6 nitrogen and oxygen atoms in total. The van der Waals surface area contributed by atoms with Crippen molar-refractivity contribution in [1.29, 1.82) is 0 Å². The van der Waals surface area contributed by atoms with Crippen molar-refractivity contribution in [2.75, 3.05) is 19.7 Å². The summed E-state index contributed by atoms with van der Waals surface area (Å²) in [6, 6.07) is 5.21. The smallest absolute Gasteiger partial charge is 0.375 e. The average Bonchev–Trinajstić information content (AvgIpc) is 2.57. The first-order chi connectivity index (χ1) is 12.3. The molecule has 1 aromatic carbocycles. The van der Waals surface area contributed by atoms with Gasteiger partial charge in [0, 0.05) is 31.4 Å². The Hall–Kier alpha value is -2.39. The van der Waals surface area contributed by atoms with Gasteiger partial charge in [0.15, 0.2) is 0 Å². The summed E-state index contributed by atoms with van der Waals surface area (Å²) in [4.78, 5) is 29.4. The van der Waals surface area contributed by atoms with Gasteiger partial charge in [0.1, 0.15) is 0 Å². The Labute approximate surface area is 146 Å². The van der Waals surface area contributed by atoms with Gasteiger partial charge >= 0.3 is 11.9 Å². The topological polar surface area (TPSA) is 78.2 Å². The molecule has 3 rings (SSSR count). The minimum atomic E-state index is -4.37. The number of aromatic amines is 2. The van der Waals surface area contributed by atoms with Crippen molar-refractivity contribution in [2.45, 2.75) is 25.2 Å². The molecule has 1 aliphatic heterocycles. The number of aromatic nitrogens is 2. The minimum Gasteiger partial charge on any atom is -0.375 e. The standard InChI is InChI=1S/C17H18F3N3O3/c18-17(19,20)13-3-1-2-11(6-13)7-14-10-23(4-5-26-14)9-12-8-21-16(25)22-15(12)24/h1-3,6,8,14H,4-5,7,9-10H2,(H2,21,22,24,25)/t14-/m0/s1. The highest BCUT2D eigenvalue weighted by molar-refractivity contribution is 5.26. The van der Waals surface area contributed by atoms with Crippen LogP contribution in [0.1, 0.15) is 16.7 Å². The molecule has 2 N–H and O–H groups in total. The molecule has 2 aromatic rings. The van der Waals surface area contributed by atoms with Crippen LogP contribution in [-0.2, 0) is 23.9 Å². The van der Waals surface area contributed by atoms with Crippen molar-refractivity contribution in [3.05, 3.63) is 68.0 Å². The number of rotatable bonds is 4. The highest BCUT2D eigenvalue weighted by Gasteiger charge is 2.30. The van der Waals surface area contributed by atoms with E-state index in [0.29, 0.717) is 43.8 Å². The Morgan fingerprint density at radius 3 is 2.81 bits per heavy atom. The van der Waals surface area contributed by atoms with E-state index in [1.807, 2.05) is 4.90 Å². The summed E-state index contributed by atoms with van der Waals surface area (Å²) in [5.41, 5.74) is -0.724. The van der Waals surface area contributed by atoms with E-state index in [4.69, 9.17) is 4.74 Å². The number of hydrogen-bond donors (Lipinski definition) is 2. The third kappa shape index (κ3) is 4.61. The first kappa shape index (κ1) is 18.4. The van der Waals surface area contributed by atoms with Gasteiger partial charge < -0.3 is 9.72 Å². The lowest BCUT2D eigenvalue weighted by Gasteiger charge is -2.32. The Kier molecular flexibility index (Phi) is 5.28. The molecule has 26 heavy (non-hydrogen) atoms. The van der Waals surface area contributed by atoms with E-state index >= 15 is 0 Å². The summed E-state index contributed by atoms with van der Waals surface area (Å²) < 4.78 is 44.1. The number of alkyl halides is 3. The molecule has 1 saturated heterocycles. The minimum absolute atomic E-state index is 0.269. The predicted molar refractivity (Wildman–Crippen MR) is 87.8 cm³/mol. The zero-order valence-corrected chi connectivity index (χ0v) is 13.8. The molecule has 0 spiro atoms. The molecule has 0 amide bonds. The highest BCUT2D eigenvalue weighted by atomic mass is 19.4. The maximum atomic E-state index is 12.8. The first-order valence-electron chi connectivity index (χ1n) is 8.12. The average molecular weight is 369 g/mol. The van der Waals surface area contributed by atoms with Crippen LogP contribution in [0, 0.1) is 0 Å². The van der Waals surface area contributed by atoms with Crippen molar-refractivity contribution in [2.24, 2.45) is 0 Å². The second-order valence-electron chi connectivity index (χ2n) is 6.23. The summed E-state index contributed by atoms with van der Waals surface area (Å²) in [5.74, 6) is 0. The van der Waals surface area contributed by atoms with Gasteiger partial charge in [0.25, 0.3) is 5.56 Å². The molecule has 0 saturated carbocycles. The van der Waals surface area contributed by atoms with Gasteiger partial charge in [-0.1, -0.05) is 18.2 Å². The molecule has 1 atom stereocenters. The van der Waals surface area contributed by atoms with E-state index in [2.05, 4.69) is 9.97 Å². The maximum absolute atomic E-state index is 12.8. The van der Waals surface area contributed by atoms with Crippen LogP contribution >= 0.6 is 0 Å². The van der Waals surface area contributed by atoms with Crippen molar-refractivity contribution < 1.29 is 17.9 Å². The lowest BCUT2D eigenvalue weighted by molar-refractivity contribution is -0.137. The molecule has 1 aliphatic rings. The van der Waals surface area contributed by atoms with E-state index < -0.39 is 23.0 Å². The van der Waals surface area contributed by atoms with Crippen molar-refractivity contribution >= 4 is 0 Å². The molecule has 1 fully saturated rings. The van der Waals surface area contributed by atoms with Crippen LogP contribution in [0.5, 0.6) is 0 Å². The third-order valence-corrected chi connectivity index (χ3v) is 4.23. The molecule has 0 radical (unpaired) electrons. The number of halogens is 3. The van der Waals surface area contributed by atoms with Gasteiger partial charge in [-0.15, -0.1) is 0 Å². The van der Waals surface area contributed by atoms with Crippen LogP contribution in [-0.4, -0.2) is 40.7 Å². The molecule has 0 unspecified atom stereocenters. The number of nitrogens with one attached hydrogen (secondary N) is 2. The van der Waals surface area contributed by atoms with Crippen LogP contribution in [0.25, 0.3) is 0 Å². The van der Waals surface area contributed by atoms with E-state index in [-0.39, 0.29) is 6.10 Å². The van der Waals surface area contributed by atoms with Crippen LogP contribution in [0.15, 0.2) is 40.1 Å². The molecule has 140 valence electrons. The molecular formula is C17H18F3N3O3. The quantitative estimate of drug-likeness (QED) is 0.857. The van der Waals surface area contributed by atoms with Gasteiger partial charge in [0.05, 0.1) is 18.3 Å². The lowest BCUT2D eigenvalue weighted by Crippen LogP contribution is -2.44. The van der Waals surface area contributed by atoms with Crippen LogP contribution in [0.4, 0.5) is 13.2 Å². The zero-order valence-electron chi connectivity index (χ0n) is 13.8. The highest BCUT2D eigenvalue weighted by Crippen LogP contribution is 2.30. The Bertz CT molecular complexity index is 876. The van der Waals surface area contributed by atoms with Crippen LogP contribution in [0.3, 0.4) is 0 Å². The molecule has 1 aromatic heterocycles. The fourth-order valence-electron chi connectivity index (χ4n) is 2.98. The predicted octanol–water partition coefficient (Wildman–Crippen LogP) is 1.53. The number of benzene rings is 1. The fraction of sp³-hybridized carbons (Fsp3) is 0.412. The molecule has 0 bridgehead atoms. The normalized spacial score (nSPS) is 18.8. The number of morpholine rings is 1. The summed E-state index contributed by atoms with van der Waals surface area (Å²) >= 11 is 0. The summed E-state index contributed by atoms with van der Waals surface area (Å²) in [5, 5.41) is 0. The Balaban J connectivity index is 1.65. The molecule has 9 heteroatoms. The second-order valence-corrected chi connectivity index (χ2v) is 6.23. The van der Waals surface area contributed by atoms with Crippen LogP contribution in [0.2, 0.25) is 0 Å². The van der Waals surface area contributed by atoms with E-state index in [9.17, 15) is 22.8 Å². The maximum Gasteiger partial charge on any atom is 0.416 e. The Morgan fingerprint density at radius 1 is 1.27 bits per heavy atom. The zero-order chi connectivity index (χ0) is 18.7. The number of H-pyrrole nitrogens is 2. The van der Waals surface area contributed by atoms with Gasteiger partial charge in [-0.05, 0) is 18.1 Å². The van der Waals surface area contributed by atoms with Gasteiger partial charge in [-0.25, -0.2) is 4.79 Å². The number of hydrogen-bond acceptors (Lipinski definition) is 4. The second kappa shape index (κ2) is 7.46. The summed E-state index contributed by atoms with van der Waals surface area (Å²) in [6.45, 7) is 1.83. The molecule has 0 aliphatic carbocycles. The van der Waals surface area contributed by atoms with Crippen molar-refractivity contribution in [1.82, 2.24) is 14.9 Å². The third-order valence-electron chi connectivity index (χ3n) is 4.23. The van der Waals surface area contributed by atoms with Crippen LogP contribution < -0.4 is 11.2 Å². The summed E-state index contributed by atoms with van der Waals surface area (Å²) in [6.07, 6.45) is -2.92. The first-order valence-corrected chi connectivity index (χ1v) is 8.12. The summed E-state index contributed by atoms with van der Waals surface area (Å²) in [7, 11) is 0. The van der Waals surface area contributed by atoms with Gasteiger partial charge in [0.2, 0.25) is 0 Å². The molecule has 2 heterocycles. The van der Waals surface area contributed by atoms with E-state index in [1.165, 1.54) is 12.3 Å². The lowest BCUT2D eigenvalue weighted by atomic mass is 10.0. The van der Waals surface area contributed by atoms with Crippen molar-refractivity contribution in [3.63, 3.8) is 0 Å². The Morgan fingerprint density at radius 2 is 2.08 bits per heavy atom. The monoisotopic (exact) mass is 369 g/mol. The van der Waals surface area contributed by atoms with E-state index in [0.717, 1.165) is 12.1 Å². The van der Waals surface area contributed by atoms with Crippen molar-refractivity contribution in [3.8, 4) is 0 Å². The number of nitrogens with zero attached hydrogens (tertiary/aromatic N) is 1. The largest absolute Gasteiger partial charge is 0.416 e. The SMILES string of the molecule is O=c1[nH]cc(CN2CCO[C@@H](Cc3cccc(C(F)(F)F)c3)C2)c(=O)[nH]1. The van der Waals surface area contributed by atoms with Gasteiger partial charge in [-0.3, -0.25) is 14.7 Å².